The van der Waals surface area contributed by atoms with Crippen LogP contribution in [0.2, 0.25) is 0 Å². The Morgan fingerprint density at radius 3 is 2.67 bits per heavy atom. The molecule has 7 heteroatoms. The van der Waals surface area contributed by atoms with E-state index < -0.39 is 10.8 Å². The minimum Gasteiger partial charge on any atom is -0.355 e. The third-order valence-electron chi connectivity index (χ3n) is 5.70. The zero-order valence-corrected chi connectivity index (χ0v) is 20.9. The Balaban J connectivity index is 0.00000364. The molecular formula is C20H41IN4OS. The molecule has 1 aliphatic carbocycles. The third kappa shape index (κ3) is 8.56. The van der Waals surface area contributed by atoms with Gasteiger partial charge in [-0.05, 0) is 44.6 Å². The van der Waals surface area contributed by atoms with Crippen LogP contribution in [-0.2, 0) is 10.8 Å². The summed E-state index contributed by atoms with van der Waals surface area (Å²) in [5, 5.41) is 7.52. The maximum atomic E-state index is 12.2. The molecule has 1 heterocycles. The molecule has 2 aliphatic rings. The summed E-state index contributed by atoms with van der Waals surface area (Å²) in [5.41, 5.74) is 0. The first-order valence-corrected chi connectivity index (χ1v) is 12.0. The third-order valence-corrected chi connectivity index (χ3v) is 7.44. The van der Waals surface area contributed by atoms with Crippen LogP contribution in [0.25, 0.3) is 0 Å². The normalized spacial score (nSPS) is 28.5. The lowest BCUT2D eigenvalue weighted by atomic mass is 9.95. The molecule has 2 N–H and O–H groups in total. The molecule has 2 fully saturated rings. The molecule has 160 valence electrons. The molecule has 1 saturated carbocycles. The standard InChI is InChI=1S/C20H40N4OS.HI/c1-5-26(25)19-11-8-9-17(13-19)23-20(21-4)22-14-18-10-6-7-12-24(18)15-16(2)3;/h16-19H,5-15H2,1-4H3,(H2,21,22,23);1H. The van der Waals surface area contributed by atoms with E-state index in [4.69, 9.17) is 0 Å². The Morgan fingerprint density at radius 2 is 2.00 bits per heavy atom. The second-order valence-electron chi connectivity index (χ2n) is 8.29. The van der Waals surface area contributed by atoms with Gasteiger partial charge in [-0.2, -0.15) is 0 Å². The molecule has 1 saturated heterocycles. The first-order valence-electron chi connectivity index (χ1n) is 10.6. The van der Waals surface area contributed by atoms with Crippen LogP contribution in [0.15, 0.2) is 4.99 Å². The molecule has 2 rings (SSSR count). The van der Waals surface area contributed by atoms with Crippen molar-refractivity contribution in [2.75, 3.05) is 32.4 Å². The lowest BCUT2D eigenvalue weighted by Crippen LogP contribution is -2.52. The van der Waals surface area contributed by atoms with Gasteiger partial charge in [0.25, 0.3) is 0 Å². The van der Waals surface area contributed by atoms with Crippen LogP contribution in [-0.4, -0.2) is 64.8 Å². The highest BCUT2D eigenvalue weighted by Gasteiger charge is 2.27. The van der Waals surface area contributed by atoms with Crippen molar-refractivity contribution >= 4 is 40.7 Å². The number of nitrogens with one attached hydrogen (secondary N) is 2. The Labute approximate surface area is 186 Å². The van der Waals surface area contributed by atoms with Crippen LogP contribution in [0.4, 0.5) is 0 Å². The summed E-state index contributed by atoms with van der Waals surface area (Å²) in [6.45, 7) is 10.0. The molecule has 4 atom stereocenters. The fourth-order valence-corrected chi connectivity index (χ4v) is 5.70. The van der Waals surface area contributed by atoms with Crippen LogP contribution in [0, 0.1) is 5.92 Å². The van der Waals surface area contributed by atoms with Gasteiger partial charge in [-0.1, -0.05) is 33.6 Å². The summed E-state index contributed by atoms with van der Waals surface area (Å²) in [6, 6.07) is 1.00. The predicted octanol–water partition coefficient (Wildman–Crippen LogP) is 3.36. The minimum absolute atomic E-state index is 0. The number of hydrogen-bond acceptors (Lipinski definition) is 3. The van der Waals surface area contributed by atoms with Crippen molar-refractivity contribution in [1.82, 2.24) is 15.5 Å². The first kappa shape index (κ1) is 25.1. The highest BCUT2D eigenvalue weighted by atomic mass is 127. The molecule has 0 aromatic heterocycles. The second kappa shape index (κ2) is 13.4. The number of halogens is 1. The monoisotopic (exact) mass is 512 g/mol. The molecule has 0 bridgehead atoms. The van der Waals surface area contributed by atoms with Gasteiger partial charge in [0.15, 0.2) is 5.96 Å². The molecule has 0 spiro atoms. The van der Waals surface area contributed by atoms with Crippen molar-refractivity contribution < 1.29 is 4.21 Å². The zero-order valence-electron chi connectivity index (χ0n) is 17.7. The first-order chi connectivity index (χ1) is 12.5. The van der Waals surface area contributed by atoms with Crippen LogP contribution < -0.4 is 10.6 Å². The number of nitrogens with zero attached hydrogens (tertiary/aromatic N) is 2. The van der Waals surface area contributed by atoms with E-state index in [9.17, 15) is 4.21 Å². The van der Waals surface area contributed by atoms with Crippen LogP contribution in [0.1, 0.15) is 65.7 Å². The van der Waals surface area contributed by atoms with E-state index in [2.05, 4.69) is 34.4 Å². The predicted molar refractivity (Wildman–Crippen MR) is 129 cm³/mol. The minimum atomic E-state index is -0.676. The Kier molecular flexibility index (Phi) is 12.4. The van der Waals surface area contributed by atoms with Gasteiger partial charge in [0.1, 0.15) is 0 Å². The number of hydrogen-bond donors (Lipinski definition) is 2. The molecule has 4 unspecified atom stereocenters. The van der Waals surface area contributed by atoms with Gasteiger partial charge in [0.2, 0.25) is 0 Å². The van der Waals surface area contributed by atoms with E-state index in [1.807, 2.05) is 14.0 Å². The van der Waals surface area contributed by atoms with Crippen molar-refractivity contribution in [3.8, 4) is 0 Å². The van der Waals surface area contributed by atoms with E-state index in [1.54, 1.807) is 0 Å². The van der Waals surface area contributed by atoms with E-state index in [1.165, 1.54) is 32.4 Å². The molecule has 0 aromatic rings. The average Bonchev–Trinajstić information content (AvgIpc) is 2.65. The van der Waals surface area contributed by atoms with Crippen molar-refractivity contribution in [3.05, 3.63) is 0 Å². The van der Waals surface area contributed by atoms with Gasteiger partial charge in [-0.25, -0.2) is 0 Å². The lowest BCUT2D eigenvalue weighted by Gasteiger charge is -2.37. The fourth-order valence-electron chi connectivity index (χ4n) is 4.35. The van der Waals surface area contributed by atoms with Crippen molar-refractivity contribution in [1.29, 1.82) is 0 Å². The Bertz CT molecular complexity index is 475. The summed E-state index contributed by atoms with van der Waals surface area (Å²) < 4.78 is 12.2. The molecule has 0 amide bonds. The molecule has 0 radical (unpaired) electrons. The fraction of sp³-hybridized carbons (Fsp3) is 0.950. The molecule has 27 heavy (non-hydrogen) atoms. The molecule has 5 nitrogen and oxygen atoms in total. The summed E-state index contributed by atoms with van der Waals surface area (Å²) in [7, 11) is 1.18. The summed E-state index contributed by atoms with van der Waals surface area (Å²) in [6.07, 6.45) is 8.36. The smallest absolute Gasteiger partial charge is 0.191 e. The quantitative estimate of drug-likeness (QED) is 0.312. The largest absolute Gasteiger partial charge is 0.355 e. The maximum Gasteiger partial charge on any atom is 0.191 e. The zero-order chi connectivity index (χ0) is 18.9. The summed E-state index contributed by atoms with van der Waals surface area (Å²) in [5.74, 6) is 2.40. The van der Waals surface area contributed by atoms with Crippen LogP contribution in [0.5, 0.6) is 0 Å². The lowest BCUT2D eigenvalue weighted by molar-refractivity contribution is 0.133. The number of guanidine groups is 1. The topological polar surface area (TPSA) is 56.7 Å². The van der Waals surface area contributed by atoms with Gasteiger partial charge >= 0.3 is 0 Å². The Hall–Kier alpha value is 0.110. The highest BCUT2D eigenvalue weighted by Crippen LogP contribution is 2.23. The summed E-state index contributed by atoms with van der Waals surface area (Å²) >= 11 is 0. The van der Waals surface area contributed by atoms with E-state index in [0.717, 1.165) is 43.9 Å². The molecule has 1 aliphatic heterocycles. The van der Waals surface area contributed by atoms with Crippen molar-refractivity contribution in [2.45, 2.75) is 83.1 Å². The Morgan fingerprint density at radius 1 is 1.22 bits per heavy atom. The van der Waals surface area contributed by atoms with Gasteiger partial charge in [0.05, 0.1) is 0 Å². The van der Waals surface area contributed by atoms with Crippen molar-refractivity contribution in [3.63, 3.8) is 0 Å². The highest BCUT2D eigenvalue weighted by molar-refractivity contribution is 14.0. The average molecular weight is 513 g/mol. The van der Waals surface area contributed by atoms with Crippen molar-refractivity contribution in [2.24, 2.45) is 10.9 Å². The van der Waals surface area contributed by atoms with E-state index in [-0.39, 0.29) is 24.0 Å². The van der Waals surface area contributed by atoms with Gasteiger partial charge in [-0.15, -0.1) is 24.0 Å². The summed E-state index contributed by atoms with van der Waals surface area (Å²) in [4.78, 5) is 7.09. The van der Waals surface area contributed by atoms with Gasteiger partial charge < -0.3 is 10.6 Å². The van der Waals surface area contributed by atoms with Gasteiger partial charge in [0, 0.05) is 54.0 Å². The number of piperidine rings is 1. The van der Waals surface area contributed by atoms with Crippen LogP contribution in [0.3, 0.4) is 0 Å². The molecule has 0 aromatic carbocycles. The maximum absolute atomic E-state index is 12.2. The number of rotatable bonds is 7. The van der Waals surface area contributed by atoms with Gasteiger partial charge in [-0.3, -0.25) is 14.1 Å². The number of likely N-dealkylation sites (tertiary alicyclic amines) is 1. The van der Waals surface area contributed by atoms with E-state index >= 15 is 0 Å². The SMILES string of the molecule is CCS(=O)C1CCCC(NC(=NC)NCC2CCCCN2CC(C)C)C1.I. The van der Waals surface area contributed by atoms with Crippen LogP contribution >= 0.6 is 24.0 Å². The van der Waals surface area contributed by atoms with E-state index in [0.29, 0.717) is 23.3 Å². The second-order valence-corrected chi connectivity index (χ2v) is 10.3. The molecular weight excluding hydrogens is 471 g/mol. The number of aliphatic imine (C=N–C) groups is 1.